The van der Waals surface area contributed by atoms with Gasteiger partial charge in [0.05, 0.1) is 22.3 Å². The second-order valence-corrected chi connectivity index (χ2v) is 10.0. The van der Waals surface area contributed by atoms with Crippen molar-refractivity contribution < 1.29 is 22.1 Å². The first-order valence-corrected chi connectivity index (χ1v) is 12.9. The summed E-state index contributed by atoms with van der Waals surface area (Å²) in [5, 5.41) is 12.5. The van der Waals surface area contributed by atoms with E-state index in [9.17, 15) is 18.5 Å². The van der Waals surface area contributed by atoms with Gasteiger partial charge in [0.1, 0.15) is 16.5 Å². The predicted molar refractivity (Wildman–Crippen MR) is 140 cm³/mol. The van der Waals surface area contributed by atoms with E-state index >= 15 is 0 Å². The quantitative estimate of drug-likeness (QED) is 0.202. The molecule has 36 heavy (non-hydrogen) atoms. The van der Waals surface area contributed by atoms with Gasteiger partial charge in [-0.15, -0.1) is 0 Å². The van der Waals surface area contributed by atoms with Gasteiger partial charge in [-0.25, -0.2) is 0 Å². The molecule has 0 spiro atoms. The predicted octanol–water partition coefficient (Wildman–Crippen LogP) is 6.32. The highest BCUT2D eigenvalue weighted by Gasteiger charge is 2.23. The molecule has 186 valence electrons. The number of carbonyl (C=O) groups excluding carboxylic acids is 1. The van der Waals surface area contributed by atoms with Crippen LogP contribution in [0.2, 0.25) is 10.0 Å². The van der Waals surface area contributed by atoms with Crippen LogP contribution in [-0.2, 0) is 14.9 Å². The average Bonchev–Trinajstić information content (AvgIpc) is 2.82. The molecule has 7 nitrogen and oxygen atoms in total. The standard InChI is InChI=1S/C26H22Cl2N2O5S/c1-4-34-23-14-18(12-19(15-29)26(31)30-24-17(3)6-5-7-21(24)27)13-22(28)25(23)35-36(32,33)20-10-8-16(2)9-11-20/h5-14H,4H2,1-3H3,(H,30,31)/b19-12+. The molecule has 0 unspecified atom stereocenters. The van der Waals surface area contributed by atoms with E-state index in [0.717, 1.165) is 11.1 Å². The number of aryl methyl sites for hydroxylation is 2. The maximum Gasteiger partial charge on any atom is 0.339 e. The largest absolute Gasteiger partial charge is 0.490 e. The van der Waals surface area contributed by atoms with Gasteiger partial charge in [-0.2, -0.15) is 13.7 Å². The Morgan fingerprint density at radius 1 is 1.08 bits per heavy atom. The van der Waals surface area contributed by atoms with E-state index in [1.807, 2.05) is 13.0 Å². The third kappa shape index (κ3) is 6.38. The molecular weight excluding hydrogens is 523 g/mol. The maximum atomic E-state index is 12.8. The van der Waals surface area contributed by atoms with Gasteiger partial charge in [0, 0.05) is 0 Å². The second-order valence-electron chi connectivity index (χ2n) is 7.67. The minimum absolute atomic E-state index is 0.0339. The van der Waals surface area contributed by atoms with Crippen LogP contribution in [0, 0.1) is 25.2 Å². The normalized spacial score (nSPS) is 11.5. The van der Waals surface area contributed by atoms with Gasteiger partial charge >= 0.3 is 10.1 Å². The van der Waals surface area contributed by atoms with Crippen molar-refractivity contribution in [1.29, 1.82) is 5.26 Å². The summed E-state index contributed by atoms with van der Waals surface area (Å²) in [6.45, 7) is 5.49. The summed E-state index contributed by atoms with van der Waals surface area (Å²) in [6, 6.07) is 15.9. The molecule has 0 heterocycles. The van der Waals surface area contributed by atoms with Crippen LogP contribution in [0.15, 0.2) is 65.1 Å². The van der Waals surface area contributed by atoms with Gasteiger partial charge in [-0.3, -0.25) is 4.79 Å². The van der Waals surface area contributed by atoms with Gasteiger partial charge in [-0.05, 0) is 68.3 Å². The molecule has 0 aliphatic carbocycles. The molecule has 0 bridgehead atoms. The number of amides is 1. The minimum atomic E-state index is -4.20. The molecule has 0 radical (unpaired) electrons. The molecule has 3 aromatic rings. The smallest absolute Gasteiger partial charge is 0.339 e. The molecule has 0 saturated carbocycles. The van der Waals surface area contributed by atoms with E-state index in [1.54, 1.807) is 44.2 Å². The van der Waals surface area contributed by atoms with Gasteiger partial charge in [0.25, 0.3) is 5.91 Å². The molecule has 0 atom stereocenters. The summed E-state index contributed by atoms with van der Waals surface area (Å²) >= 11 is 12.5. The van der Waals surface area contributed by atoms with Crippen LogP contribution in [0.5, 0.6) is 11.5 Å². The lowest BCUT2D eigenvalue weighted by Gasteiger charge is -2.14. The summed E-state index contributed by atoms with van der Waals surface area (Å²) in [7, 11) is -4.20. The molecular formula is C26H22Cl2N2O5S. The first-order chi connectivity index (χ1) is 17.1. The molecule has 3 aromatic carbocycles. The Kier molecular flexibility index (Phi) is 8.64. The van der Waals surface area contributed by atoms with E-state index in [-0.39, 0.29) is 33.6 Å². The zero-order valence-corrected chi connectivity index (χ0v) is 22.0. The lowest BCUT2D eigenvalue weighted by Crippen LogP contribution is -2.14. The van der Waals surface area contributed by atoms with Gasteiger partial charge in [0.15, 0.2) is 5.75 Å². The van der Waals surface area contributed by atoms with Gasteiger partial charge < -0.3 is 14.2 Å². The SMILES string of the molecule is CCOc1cc(/C=C(\C#N)C(=O)Nc2c(C)cccc2Cl)cc(Cl)c1OS(=O)(=O)c1ccc(C)cc1. The number of anilines is 1. The van der Waals surface area contributed by atoms with Crippen LogP contribution in [0.4, 0.5) is 5.69 Å². The molecule has 1 amide bonds. The number of hydrogen-bond acceptors (Lipinski definition) is 6. The average molecular weight is 545 g/mol. The van der Waals surface area contributed by atoms with Gasteiger partial charge in [-0.1, -0.05) is 53.0 Å². The molecule has 0 aromatic heterocycles. The van der Waals surface area contributed by atoms with Crippen LogP contribution in [0.25, 0.3) is 6.08 Å². The zero-order chi connectivity index (χ0) is 26.5. The number of para-hydroxylation sites is 1. The fourth-order valence-corrected chi connectivity index (χ4v) is 4.69. The second kappa shape index (κ2) is 11.5. The van der Waals surface area contributed by atoms with Crippen molar-refractivity contribution in [2.75, 3.05) is 11.9 Å². The highest BCUT2D eigenvalue weighted by atomic mass is 35.5. The topological polar surface area (TPSA) is 105 Å². The highest BCUT2D eigenvalue weighted by molar-refractivity contribution is 7.87. The molecule has 0 aliphatic rings. The van der Waals surface area contributed by atoms with Crippen molar-refractivity contribution >= 4 is 51.0 Å². The van der Waals surface area contributed by atoms with E-state index in [0.29, 0.717) is 16.3 Å². The molecule has 0 fully saturated rings. The van der Waals surface area contributed by atoms with Crippen LogP contribution in [0.3, 0.4) is 0 Å². The van der Waals surface area contributed by atoms with E-state index < -0.39 is 16.0 Å². The Bertz CT molecular complexity index is 1460. The van der Waals surface area contributed by atoms with Crippen molar-refractivity contribution in [3.63, 3.8) is 0 Å². The van der Waals surface area contributed by atoms with E-state index in [4.69, 9.17) is 32.1 Å². The number of nitrogens with zero attached hydrogens (tertiary/aromatic N) is 1. The zero-order valence-electron chi connectivity index (χ0n) is 19.6. The monoisotopic (exact) mass is 544 g/mol. The molecule has 3 rings (SSSR count). The Morgan fingerprint density at radius 2 is 1.78 bits per heavy atom. The summed E-state index contributed by atoms with van der Waals surface area (Å²) in [5.41, 5.74) is 2.11. The highest BCUT2D eigenvalue weighted by Crippen LogP contribution is 2.39. The first-order valence-electron chi connectivity index (χ1n) is 10.7. The lowest BCUT2D eigenvalue weighted by molar-refractivity contribution is -0.112. The number of ether oxygens (including phenoxy) is 1. The summed E-state index contributed by atoms with van der Waals surface area (Å²) in [4.78, 5) is 12.7. The van der Waals surface area contributed by atoms with Crippen LogP contribution in [-0.4, -0.2) is 20.9 Å². The Morgan fingerprint density at radius 3 is 2.39 bits per heavy atom. The fraction of sp³-hybridized carbons (Fsp3) is 0.154. The number of benzene rings is 3. The van der Waals surface area contributed by atoms with Crippen LogP contribution in [0.1, 0.15) is 23.6 Å². The number of carbonyl (C=O) groups is 1. The van der Waals surface area contributed by atoms with Crippen molar-refractivity contribution in [1.82, 2.24) is 0 Å². The molecule has 0 saturated heterocycles. The number of halogens is 2. The third-order valence-electron chi connectivity index (χ3n) is 4.97. The fourth-order valence-electron chi connectivity index (χ4n) is 3.16. The molecule has 10 heteroatoms. The maximum absolute atomic E-state index is 12.8. The van der Waals surface area contributed by atoms with Crippen molar-refractivity contribution in [3.05, 3.63) is 86.9 Å². The molecule has 1 N–H and O–H groups in total. The summed E-state index contributed by atoms with van der Waals surface area (Å²) in [5.74, 6) is -0.845. The Balaban J connectivity index is 1.96. The van der Waals surface area contributed by atoms with Crippen LogP contribution >= 0.6 is 23.2 Å². The van der Waals surface area contributed by atoms with Crippen molar-refractivity contribution in [3.8, 4) is 17.6 Å². The van der Waals surface area contributed by atoms with Crippen molar-refractivity contribution in [2.45, 2.75) is 25.7 Å². The summed E-state index contributed by atoms with van der Waals surface area (Å²) in [6.07, 6.45) is 1.30. The lowest BCUT2D eigenvalue weighted by atomic mass is 10.1. The number of nitrogens with one attached hydrogen (secondary N) is 1. The summed E-state index contributed by atoms with van der Waals surface area (Å²) < 4.78 is 36.5. The number of hydrogen-bond donors (Lipinski definition) is 1. The number of nitriles is 1. The van der Waals surface area contributed by atoms with E-state index in [1.165, 1.54) is 30.3 Å². The van der Waals surface area contributed by atoms with Crippen LogP contribution < -0.4 is 14.2 Å². The first kappa shape index (κ1) is 27.1. The Hall–Kier alpha value is -3.51. The number of rotatable bonds is 8. The third-order valence-corrected chi connectivity index (χ3v) is 6.80. The minimum Gasteiger partial charge on any atom is -0.490 e. The van der Waals surface area contributed by atoms with Crippen molar-refractivity contribution in [2.24, 2.45) is 0 Å². The molecule has 0 aliphatic heterocycles. The van der Waals surface area contributed by atoms with E-state index in [2.05, 4.69) is 5.32 Å². The Labute approximate surface area is 220 Å². The van der Waals surface area contributed by atoms with Gasteiger partial charge in [0.2, 0.25) is 5.75 Å².